The molecule has 0 aromatic heterocycles. The van der Waals surface area contributed by atoms with E-state index in [1.165, 1.54) is 5.54 Å². The maximum Gasteiger partial charge on any atom is 0.250 e. The number of hydrogen-bond acceptors (Lipinski definition) is 2. The van der Waals surface area contributed by atoms with Crippen LogP contribution in [0.25, 0.3) is 0 Å². The minimum Gasteiger partial charge on any atom is -0.340 e. The molecule has 1 aliphatic rings. The molecule has 0 aliphatic carbocycles. The van der Waals surface area contributed by atoms with Gasteiger partial charge in [-0.25, -0.2) is 0 Å². The van der Waals surface area contributed by atoms with E-state index in [9.17, 15) is 9.59 Å². The van der Waals surface area contributed by atoms with Crippen LogP contribution in [0.4, 0.5) is 0 Å². The number of rotatable bonds is 3. The zero-order valence-electron chi connectivity index (χ0n) is 11.3. The van der Waals surface area contributed by atoms with Crippen molar-refractivity contribution in [3.63, 3.8) is 0 Å². The van der Waals surface area contributed by atoms with Crippen LogP contribution in [-0.2, 0) is 9.59 Å². The number of hydrogen-bond donors (Lipinski definition) is 1. The summed E-state index contributed by atoms with van der Waals surface area (Å²) in [6.45, 7) is 2.72. The molecule has 1 saturated heterocycles. The molecule has 2 rings (SSSR count). The van der Waals surface area contributed by atoms with E-state index in [-0.39, 0.29) is 11.8 Å². The summed E-state index contributed by atoms with van der Waals surface area (Å²) in [5.74, 6) is -0.206. The highest BCUT2D eigenvalue weighted by Crippen LogP contribution is 2.19. The van der Waals surface area contributed by atoms with Crippen molar-refractivity contribution in [2.75, 3.05) is 13.1 Å². The number of nitrogens with one attached hydrogen (secondary N) is 1. The molecule has 5 heteroatoms. The van der Waals surface area contributed by atoms with Crippen molar-refractivity contribution >= 4 is 23.4 Å². The maximum absolute atomic E-state index is 12.6. The molecule has 4 nitrogen and oxygen atoms in total. The SMILES string of the molecule is C/C(=C/Cl)CN1CCC(=O)NC(c2ccccc2)C1=O. The first-order valence-corrected chi connectivity index (χ1v) is 6.94. The van der Waals surface area contributed by atoms with Gasteiger partial charge in [-0.15, -0.1) is 0 Å². The minimum absolute atomic E-state index is 0.0973. The molecule has 20 heavy (non-hydrogen) atoms. The first kappa shape index (κ1) is 14.6. The highest BCUT2D eigenvalue weighted by atomic mass is 35.5. The Morgan fingerprint density at radius 3 is 2.75 bits per heavy atom. The van der Waals surface area contributed by atoms with Crippen molar-refractivity contribution < 1.29 is 9.59 Å². The lowest BCUT2D eigenvalue weighted by Crippen LogP contribution is -2.39. The van der Waals surface area contributed by atoms with Crippen molar-refractivity contribution in [2.45, 2.75) is 19.4 Å². The van der Waals surface area contributed by atoms with Crippen LogP contribution in [0.15, 0.2) is 41.4 Å². The van der Waals surface area contributed by atoms with E-state index < -0.39 is 6.04 Å². The third kappa shape index (κ3) is 3.39. The Hall–Kier alpha value is -1.81. The van der Waals surface area contributed by atoms with Gasteiger partial charge in [-0.05, 0) is 18.1 Å². The second-order valence-corrected chi connectivity index (χ2v) is 5.09. The van der Waals surface area contributed by atoms with Crippen LogP contribution in [0, 0.1) is 0 Å². The molecule has 1 unspecified atom stereocenters. The largest absolute Gasteiger partial charge is 0.340 e. The van der Waals surface area contributed by atoms with E-state index in [0.29, 0.717) is 19.5 Å². The van der Waals surface area contributed by atoms with Crippen molar-refractivity contribution in [3.8, 4) is 0 Å². The fourth-order valence-electron chi connectivity index (χ4n) is 2.19. The van der Waals surface area contributed by atoms with Crippen LogP contribution in [-0.4, -0.2) is 29.8 Å². The van der Waals surface area contributed by atoms with Crippen LogP contribution < -0.4 is 5.32 Å². The average Bonchev–Trinajstić information content (AvgIpc) is 2.61. The molecular weight excluding hydrogens is 276 g/mol. The first-order valence-electron chi connectivity index (χ1n) is 6.51. The highest BCUT2D eigenvalue weighted by Gasteiger charge is 2.30. The fraction of sp³-hybridized carbons (Fsp3) is 0.333. The molecule has 1 atom stereocenters. The van der Waals surface area contributed by atoms with Gasteiger partial charge in [0.25, 0.3) is 0 Å². The summed E-state index contributed by atoms with van der Waals surface area (Å²) in [5.41, 5.74) is 3.15. The summed E-state index contributed by atoms with van der Waals surface area (Å²) in [7, 11) is 0. The third-order valence-corrected chi connectivity index (χ3v) is 3.60. The number of amides is 2. The quantitative estimate of drug-likeness (QED) is 0.929. The topological polar surface area (TPSA) is 49.4 Å². The molecule has 0 bridgehead atoms. The molecule has 106 valence electrons. The van der Waals surface area contributed by atoms with Crippen LogP contribution in [0.5, 0.6) is 0 Å². The summed E-state index contributed by atoms with van der Waals surface area (Å²) >= 11 is 5.66. The van der Waals surface area contributed by atoms with E-state index in [0.717, 1.165) is 11.1 Å². The maximum atomic E-state index is 12.6. The number of carbonyl (C=O) groups is 2. The first-order chi connectivity index (χ1) is 9.61. The second-order valence-electron chi connectivity index (χ2n) is 4.88. The second kappa shape index (κ2) is 6.57. The smallest absolute Gasteiger partial charge is 0.250 e. The lowest BCUT2D eigenvalue weighted by Gasteiger charge is -2.24. The zero-order chi connectivity index (χ0) is 14.5. The number of carbonyl (C=O) groups excluding carboxylic acids is 2. The van der Waals surface area contributed by atoms with Gasteiger partial charge in [0.1, 0.15) is 6.04 Å². The Morgan fingerprint density at radius 2 is 2.10 bits per heavy atom. The summed E-state index contributed by atoms with van der Waals surface area (Å²) in [5, 5.41) is 2.78. The number of nitrogens with zero attached hydrogens (tertiary/aromatic N) is 1. The lowest BCUT2D eigenvalue weighted by atomic mass is 10.1. The normalized spacial score (nSPS) is 20.6. The van der Waals surface area contributed by atoms with Crippen molar-refractivity contribution in [2.24, 2.45) is 0 Å². The fourth-order valence-corrected chi connectivity index (χ4v) is 2.26. The summed E-state index contributed by atoms with van der Waals surface area (Å²) in [6.07, 6.45) is 0.310. The molecule has 2 amide bonds. The van der Waals surface area contributed by atoms with Gasteiger partial charge in [0.15, 0.2) is 0 Å². The molecule has 1 N–H and O–H groups in total. The van der Waals surface area contributed by atoms with E-state index >= 15 is 0 Å². The van der Waals surface area contributed by atoms with Gasteiger partial charge in [-0.1, -0.05) is 41.9 Å². The van der Waals surface area contributed by atoms with Crippen molar-refractivity contribution in [1.29, 1.82) is 0 Å². The predicted octanol–water partition coefficient (Wildman–Crippen LogP) is 2.22. The van der Waals surface area contributed by atoms with Gasteiger partial charge >= 0.3 is 0 Å². The van der Waals surface area contributed by atoms with Crippen molar-refractivity contribution in [1.82, 2.24) is 10.2 Å². The molecule has 1 fully saturated rings. The number of halogens is 1. The van der Waals surface area contributed by atoms with E-state index in [2.05, 4.69) is 5.32 Å². The van der Waals surface area contributed by atoms with Crippen LogP contribution in [0.2, 0.25) is 0 Å². The van der Waals surface area contributed by atoms with E-state index in [4.69, 9.17) is 11.6 Å². The van der Waals surface area contributed by atoms with Crippen LogP contribution in [0.1, 0.15) is 24.9 Å². The molecule has 1 aromatic carbocycles. The van der Waals surface area contributed by atoms with Gasteiger partial charge < -0.3 is 10.2 Å². The van der Waals surface area contributed by atoms with Gasteiger partial charge in [0, 0.05) is 25.0 Å². The molecule has 0 spiro atoms. The van der Waals surface area contributed by atoms with E-state index in [1.54, 1.807) is 4.90 Å². The predicted molar refractivity (Wildman–Crippen MR) is 78.1 cm³/mol. The van der Waals surface area contributed by atoms with Crippen LogP contribution >= 0.6 is 11.6 Å². The Labute approximate surface area is 123 Å². The van der Waals surface area contributed by atoms with Crippen LogP contribution in [0.3, 0.4) is 0 Å². The molecule has 1 heterocycles. The molecule has 1 aromatic rings. The summed E-state index contributed by atoms with van der Waals surface area (Å²) < 4.78 is 0. The monoisotopic (exact) mass is 292 g/mol. The number of benzene rings is 1. The Bertz CT molecular complexity index is 528. The van der Waals surface area contributed by atoms with E-state index in [1.807, 2.05) is 37.3 Å². The summed E-state index contributed by atoms with van der Waals surface area (Å²) in [4.78, 5) is 26.0. The standard InChI is InChI=1S/C15H17ClN2O2/c1-11(9-16)10-18-8-7-13(19)17-14(15(18)20)12-5-3-2-4-6-12/h2-6,9,14H,7-8,10H2,1H3,(H,17,19)/b11-9-. The molecular formula is C15H17ClN2O2. The minimum atomic E-state index is -0.616. The lowest BCUT2D eigenvalue weighted by molar-refractivity contribution is -0.133. The Kier molecular flexibility index (Phi) is 4.79. The van der Waals surface area contributed by atoms with Gasteiger partial charge in [0.05, 0.1) is 0 Å². The molecule has 1 aliphatic heterocycles. The molecule has 0 radical (unpaired) electrons. The average molecular weight is 293 g/mol. The highest BCUT2D eigenvalue weighted by molar-refractivity contribution is 6.25. The van der Waals surface area contributed by atoms with Crippen molar-refractivity contribution in [3.05, 3.63) is 47.0 Å². The molecule has 0 saturated carbocycles. The van der Waals surface area contributed by atoms with Gasteiger partial charge in [-0.3, -0.25) is 9.59 Å². The zero-order valence-corrected chi connectivity index (χ0v) is 12.1. The summed E-state index contributed by atoms with van der Waals surface area (Å²) in [6, 6.07) is 8.66. The Morgan fingerprint density at radius 1 is 1.40 bits per heavy atom. The van der Waals surface area contributed by atoms with Gasteiger partial charge in [-0.2, -0.15) is 0 Å². The third-order valence-electron chi connectivity index (χ3n) is 3.23. The Balaban J connectivity index is 2.26. The van der Waals surface area contributed by atoms with Gasteiger partial charge in [0.2, 0.25) is 11.8 Å².